The highest BCUT2D eigenvalue weighted by Gasteiger charge is 2.38. The van der Waals surface area contributed by atoms with Crippen LogP contribution in [-0.4, -0.2) is 18.5 Å². The van der Waals surface area contributed by atoms with Gasteiger partial charge in [-0.1, -0.05) is 49.0 Å². The van der Waals surface area contributed by atoms with Crippen LogP contribution in [0, 0.1) is 0 Å². The second-order valence-electron chi connectivity index (χ2n) is 6.31. The molecule has 1 unspecified atom stereocenters. The van der Waals surface area contributed by atoms with Gasteiger partial charge in [-0.2, -0.15) is 0 Å². The molecule has 1 aliphatic heterocycles. The van der Waals surface area contributed by atoms with Crippen molar-refractivity contribution in [1.82, 2.24) is 0 Å². The molecular weight excluding hydrogens is 348 g/mol. The standard InChI is InChI=1S/C21H20O4S/c1-14(2)20(23)24-12-19(22)25-21(3)16-9-5-4-8-15(16)13-26-18-11-7-6-10-17(18)21/h4-11H,1,12-13H2,2-3H3. The van der Waals surface area contributed by atoms with Gasteiger partial charge in [0.05, 0.1) is 0 Å². The molecule has 3 rings (SSSR count). The van der Waals surface area contributed by atoms with Gasteiger partial charge in [0.1, 0.15) is 0 Å². The normalized spacial score (nSPS) is 18.1. The third kappa shape index (κ3) is 3.53. The molecule has 1 aliphatic rings. The molecule has 1 atom stereocenters. The molecule has 0 saturated carbocycles. The number of benzene rings is 2. The van der Waals surface area contributed by atoms with Crippen molar-refractivity contribution in [2.75, 3.05) is 6.61 Å². The Bertz CT molecular complexity index is 824. The fourth-order valence-electron chi connectivity index (χ4n) is 3.01. The number of carbonyl (C=O) groups excluding carboxylic acids is 2. The molecule has 0 aliphatic carbocycles. The molecule has 0 saturated heterocycles. The summed E-state index contributed by atoms with van der Waals surface area (Å²) in [4.78, 5) is 25.0. The topological polar surface area (TPSA) is 52.6 Å². The number of hydrogen-bond donors (Lipinski definition) is 0. The summed E-state index contributed by atoms with van der Waals surface area (Å²) in [5.41, 5.74) is 2.27. The summed E-state index contributed by atoms with van der Waals surface area (Å²) in [5.74, 6) is -0.409. The zero-order valence-corrected chi connectivity index (χ0v) is 15.6. The molecule has 2 aromatic carbocycles. The van der Waals surface area contributed by atoms with Crippen LogP contribution < -0.4 is 0 Å². The van der Waals surface area contributed by atoms with Crippen LogP contribution in [0.1, 0.15) is 30.5 Å². The van der Waals surface area contributed by atoms with Gasteiger partial charge < -0.3 is 9.47 Å². The Morgan fingerprint density at radius 3 is 2.50 bits per heavy atom. The lowest BCUT2D eigenvalue weighted by Gasteiger charge is -2.31. The third-order valence-electron chi connectivity index (χ3n) is 4.30. The molecule has 0 aromatic heterocycles. The summed E-state index contributed by atoms with van der Waals surface area (Å²) in [6, 6.07) is 15.8. The maximum atomic E-state index is 12.4. The maximum Gasteiger partial charge on any atom is 0.345 e. The van der Waals surface area contributed by atoms with Gasteiger partial charge in [-0.05, 0) is 25.5 Å². The molecule has 0 N–H and O–H groups in total. The summed E-state index contributed by atoms with van der Waals surface area (Å²) in [6.07, 6.45) is 0. The molecule has 26 heavy (non-hydrogen) atoms. The molecule has 0 amide bonds. The molecule has 0 radical (unpaired) electrons. The first-order valence-corrected chi connectivity index (χ1v) is 9.25. The Balaban J connectivity index is 1.95. The van der Waals surface area contributed by atoms with Crippen LogP contribution in [0.25, 0.3) is 0 Å². The SMILES string of the molecule is C=C(C)C(=O)OCC(=O)OC1(C)c2ccccc2CSc2ccccc21. The summed E-state index contributed by atoms with van der Waals surface area (Å²) >= 11 is 1.72. The fourth-order valence-corrected chi connectivity index (χ4v) is 4.17. The lowest BCUT2D eigenvalue weighted by molar-refractivity contribution is -0.165. The molecule has 134 valence electrons. The quantitative estimate of drug-likeness (QED) is 0.597. The average Bonchev–Trinajstić information content (AvgIpc) is 2.75. The molecule has 0 fully saturated rings. The van der Waals surface area contributed by atoms with Crippen molar-refractivity contribution < 1.29 is 19.1 Å². The molecular formula is C21H20O4S. The van der Waals surface area contributed by atoms with Crippen molar-refractivity contribution in [1.29, 1.82) is 0 Å². The van der Waals surface area contributed by atoms with Crippen molar-refractivity contribution >= 4 is 23.7 Å². The lowest BCUT2D eigenvalue weighted by Crippen LogP contribution is -2.33. The molecule has 5 heteroatoms. The van der Waals surface area contributed by atoms with Crippen LogP contribution in [0.3, 0.4) is 0 Å². The van der Waals surface area contributed by atoms with E-state index >= 15 is 0 Å². The first-order chi connectivity index (χ1) is 12.4. The van der Waals surface area contributed by atoms with E-state index in [0.717, 1.165) is 27.3 Å². The second kappa shape index (κ2) is 7.38. The number of ether oxygens (including phenoxy) is 2. The molecule has 2 aromatic rings. The third-order valence-corrected chi connectivity index (χ3v) is 5.43. The Labute approximate surface area is 157 Å². The van der Waals surface area contributed by atoms with Crippen molar-refractivity contribution in [3.8, 4) is 0 Å². The zero-order valence-electron chi connectivity index (χ0n) is 14.8. The van der Waals surface area contributed by atoms with Gasteiger partial charge in [-0.25, -0.2) is 9.59 Å². The zero-order chi connectivity index (χ0) is 18.7. The van der Waals surface area contributed by atoms with E-state index in [-0.39, 0.29) is 5.57 Å². The summed E-state index contributed by atoms with van der Waals surface area (Å²) in [7, 11) is 0. The maximum absolute atomic E-state index is 12.4. The van der Waals surface area contributed by atoms with E-state index in [4.69, 9.17) is 9.47 Å². The highest BCUT2D eigenvalue weighted by Crippen LogP contribution is 2.45. The van der Waals surface area contributed by atoms with Crippen molar-refractivity contribution in [3.05, 3.63) is 77.4 Å². The number of hydrogen-bond acceptors (Lipinski definition) is 5. The van der Waals surface area contributed by atoms with E-state index in [1.807, 2.05) is 55.5 Å². The largest absolute Gasteiger partial charge is 0.450 e. The van der Waals surface area contributed by atoms with Gasteiger partial charge in [0.25, 0.3) is 0 Å². The number of thioether (sulfide) groups is 1. The highest BCUT2D eigenvalue weighted by atomic mass is 32.2. The molecule has 0 spiro atoms. The van der Waals surface area contributed by atoms with Crippen molar-refractivity contribution in [2.24, 2.45) is 0 Å². The van der Waals surface area contributed by atoms with Crippen molar-refractivity contribution in [2.45, 2.75) is 30.1 Å². The van der Waals surface area contributed by atoms with E-state index in [2.05, 4.69) is 6.58 Å². The van der Waals surface area contributed by atoms with Crippen LogP contribution in [-0.2, 0) is 30.4 Å². The van der Waals surface area contributed by atoms with E-state index in [1.165, 1.54) is 6.92 Å². The summed E-state index contributed by atoms with van der Waals surface area (Å²) < 4.78 is 10.8. The first kappa shape index (κ1) is 18.3. The summed E-state index contributed by atoms with van der Waals surface area (Å²) in [5, 5.41) is 0. The van der Waals surface area contributed by atoms with E-state index < -0.39 is 24.1 Å². The predicted octanol–water partition coefficient (Wildman–Crippen LogP) is 4.22. The molecule has 4 nitrogen and oxygen atoms in total. The Morgan fingerprint density at radius 1 is 1.12 bits per heavy atom. The Hall–Kier alpha value is -2.53. The Kier molecular flexibility index (Phi) is 5.18. The summed E-state index contributed by atoms with van der Waals surface area (Å²) in [6.45, 7) is 6.47. The van der Waals surface area contributed by atoms with Crippen LogP contribution in [0.4, 0.5) is 0 Å². The number of fused-ring (bicyclic) bond motifs is 2. The number of esters is 2. The second-order valence-corrected chi connectivity index (χ2v) is 7.32. The Morgan fingerprint density at radius 2 is 1.77 bits per heavy atom. The number of rotatable bonds is 4. The number of carbonyl (C=O) groups is 2. The molecule has 1 heterocycles. The lowest BCUT2D eigenvalue weighted by atomic mass is 9.85. The van der Waals surface area contributed by atoms with E-state index in [0.29, 0.717) is 0 Å². The van der Waals surface area contributed by atoms with Crippen LogP contribution in [0.2, 0.25) is 0 Å². The minimum absolute atomic E-state index is 0.241. The van der Waals surface area contributed by atoms with Crippen LogP contribution in [0.5, 0.6) is 0 Å². The first-order valence-electron chi connectivity index (χ1n) is 8.27. The van der Waals surface area contributed by atoms with E-state index in [9.17, 15) is 9.59 Å². The van der Waals surface area contributed by atoms with Gasteiger partial charge in [-0.15, -0.1) is 11.8 Å². The minimum Gasteiger partial charge on any atom is -0.450 e. The molecule has 0 bridgehead atoms. The van der Waals surface area contributed by atoms with Gasteiger partial charge >= 0.3 is 11.9 Å². The predicted molar refractivity (Wildman–Crippen MR) is 101 cm³/mol. The van der Waals surface area contributed by atoms with Gasteiger partial charge in [-0.3, -0.25) is 0 Å². The van der Waals surface area contributed by atoms with Gasteiger partial charge in [0.2, 0.25) is 0 Å². The van der Waals surface area contributed by atoms with Crippen LogP contribution in [0.15, 0.2) is 65.6 Å². The highest BCUT2D eigenvalue weighted by molar-refractivity contribution is 7.98. The van der Waals surface area contributed by atoms with Gasteiger partial charge in [0.15, 0.2) is 12.2 Å². The van der Waals surface area contributed by atoms with Gasteiger partial charge in [0, 0.05) is 27.3 Å². The minimum atomic E-state index is -0.955. The van der Waals surface area contributed by atoms with Crippen LogP contribution >= 0.6 is 11.8 Å². The fraction of sp³-hybridized carbons (Fsp3) is 0.238. The average molecular weight is 368 g/mol. The van der Waals surface area contributed by atoms with Crippen molar-refractivity contribution in [3.63, 3.8) is 0 Å². The smallest absolute Gasteiger partial charge is 0.345 e. The monoisotopic (exact) mass is 368 g/mol. The van der Waals surface area contributed by atoms with E-state index in [1.54, 1.807) is 11.8 Å².